The van der Waals surface area contributed by atoms with Crippen LogP contribution in [0.3, 0.4) is 0 Å². The van der Waals surface area contributed by atoms with E-state index in [1.165, 1.54) is 0 Å². The van der Waals surface area contributed by atoms with Crippen LogP contribution >= 0.6 is 11.5 Å². The molecule has 0 N–H and O–H groups in total. The molecule has 1 aromatic carbocycles. The highest BCUT2D eigenvalue weighted by atomic mass is 32.1. The summed E-state index contributed by atoms with van der Waals surface area (Å²) < 4.78 is 9.24. The van der Waals surface area contributed by atoms with Crippen LogP contribution in [0, 0.1) is 0 Å². The number of aromatic nitrogens is 2. The van der Waals surface area contributed by atoms with Crippen LogP contribution < -0.4 is 4.74 Å². The van der Waals surface area contributed by atoms with E-state index in [0.717, 1.165) is 23.0 Å². The third-order valence-electron chi connectivity index (χ3n) is 2.69. The highest BCUT2D eigenvalue weighted by molar-refractivity contribution is 7.08. The molecule has 0 unspecified atom stereocenters. The van der Waals surface area contributed by atoms with Gasteiger partial charge >= 0.3 is 0 Å². The van der Waals surface area contributed by atoms with E-state index in [9.17, 15) is 4.79 Å². The molecule has 1 heterocycles. The first-order valence-electron chi connectivity index (χ1n) is 6.23. The lowest BCUT2D eigenvalue weighted by Crippen LogP contribution is -2.04. The molecule has 0 bridgehead atoms. The van der Waals surface area contributed by atoms with Crippen molar-refractivity contribution >= 4 is 17.3 Å². The van der Waals surface area contributed by atoms with Gasteiger partial charge in [0.1, 0.15) is 10.6 Å². The Kier molecular flexibility index (Phi) is 4.27. The van der Waals surface area contributed by atoms with Crippen molar-refractivity contribution in [2.75, 3.05) is 6.61 Å². The maximum absolute atomic E-state index is 12.4. The number of benzene rings is 1. The van der Waals surface area contributed by atoms with E-state index in [1.54, 1.807) is 24.3 Å². The summed E-state index contributed by atoms with van der Waals surface area (Å²) in [7, 11) is 0. The average Bonchev–Trinajstić information content (AvgIpc) is 2.88. The smallest absolute Gasteiger partial charge is 0.206 e. The molecule has 0 spiro atoms. The fraction of sp³-hybridized carbons (Fsp3) is 0.357. The summed E-state index contributed by atoms with van der Waals surface area (Å²) in [6.45, 7) is 6.55. The molecule has 0 aliphatic rings. The molecule has 0 saturated heterocycles. The van der Waals surface area contributed by atoms with Gasteiger partial charge in [-0.05, 0) is 48.6 Å². The van der Waals surface area contributed by atoms with Crippen molar-refractivity contribution in [3.63, 3.8) is 0 Å². The monoisotopic (exact) mass is 276 g/mol. The number of hydrogen-bond acceptors (Lipinski definition) is 5. The molecule has 4 nitrogen and oxygen atoms in total. The number of rotatable bonds is 5. The Hall–Kier alpha value is -1.75. The van der Waals surface area contributed by atoms with Gasteiger partial charge in [0.25, 0.3) is 0 Å². The van der Waals surface area contributed by atoms with Crippen molar-refractivity contribution in [1.82, 2.24) is 9.59 Å². The van der Waals surface area contributed by atoms with Crippen molar-refractivity contribution in [2.45, 2.75) is 26.7 Å². The second kappa shape index (κ2) is 5.93. The van der Waals surface area contributed by atoms with Gasteiger partial charge in [-0.1, -0.05) is 18.3 Å². The summed E-state index contributed by atoms with van der Waals surface area (Å²) in [4.78, 5) is 13.0. The molecular weight excluding hydrogens is 260 g/mol. The zero-order valence-corrected chi connectivity index (χ0v) is 12.0. The lowest BCUT2D eigenvalue weighted by atomic mass is 10.0. The predicted octanol–water partition coefficient (Wildman–Crippen LogP) is 3.29. The first kappa shape index (κ1) is 13.7. The fourth-order valence-corrected chi connectivity index (χ4v) is 2.51. The zero-order valence-electron chi connectivity index (χ0n) is 11.2. The summed E-state index contributed by atoms with van der Waals surface area (Å²) in [6, 6.07) is 7.16. The lowest BCUT2D eigenvalue weighted by molar-refractivity contribution is 0.104. The van der Waals surface area contributed by atoms with Crippen molar-refractivity contribution in [3.8, 4) is 5.75 Å². The summed E-state index contributed by atoms with van der Waals surface area (Å²) in [5.74, 6) is 0.938. The number of ketones is 1. The molecule has 0 fully saturated rings. The summed E-state index contributed by atoms with van der Waals surface area (Å²) in [6.07, 6.45) is 0. The summed E-state index contributed by atoms with van der Waals surface area (Å²) >= 11 is 1.15. The molecule has 1 aromatic heterocycles. The molecular formula is C14H16N2O2S. The van der Waals surface area contributed by atoms with E-state index in [0.29, 0.717) is 17.0 Å². The third-order valence-corrected chi connectivity index (χ3v) is 3.43. The molecule has 100 valence electrons. The Morgan fingerprint density at radius 3 is 2.58 bits per heavy atom. The Balaban J connectivity index is 2.26. The maximum atomic E-state index is 12.4. The van der Waals surface area contributed by atoms with Crippen LogP contribution in [0.2, 0.25) is 0 Å². The molecule has 0 amide bonds. The minimum Gasteiger partial charge on any atom is -0.494 e. The fourth-order valence-electron chi connectivity index (χ4n) is 1.73. The number of ether oxygens (including phenoxy) is 1. The van der Waals surface area contributed by atoms with Crippen molar-refractivity contribution in [3.05, 3.63) is 40.4 Å². The van der Waals surface area contributed by atoms with E-state index < -0.39 is 0 Å². The molecule has 0 aliphatic carbocycles. The maximum Gasteiger partial charge on any atom is 0.206 e. The van der Waals surface area contributed by atoms with Gasteiger partial charge < -0.3 is 4.74 Å². The SMILES string of the molecule is CCOc1ccc(C(=O)c2snnc2C(C)C)cc1. The lowest BCUT2D eigenvalue weighted by Gasteiger charge is -2.05. The normalized spacial score (nSPS) is 10.7. The van der Waals surface area contributed by atoms with Gasteiger partial charge in [-0.3, -0.25) is 4.79 Å². The molecule has 0 saturated carbocycles. The van der Waals surface area contributed by atoms with Crippen molar-refractivity contribution in [1.29, 1.82) is 0 Å². The molecule has 0 atom stereocenters. The number of hydrogen-bond donors (Lipinski definition) is 0. The Morgan fingerprint density at radius 1 is 1.32 bits per heavy atom. The van der Waals surface area contributed by atoms with Gasteiger partial charge in [-0.2, -0.15) is 0 Å². The van der Waals surface area contributed by atoms with Gasteiger partial charge in [0.05, 0.1) is 12.3 Å². The second-order valence-corrected chi connectivity index (χ2v) is 5.18. The molecule has 0 aliphatic heterocycles. The van der Waals surface area contributed by atoms with Gasteiger partial charge in [0, 0.05) is 5.56 Å². The highest BCUT2D eigenvalue weighted by Crippen LogP contribution is 2.23. The van der Waals surface area contributed by atoms with Crippen molar-refractivity contribution < 1.29 is 9.53 Å². The summed E-state index contributed by atoms with van der Waals surface area (Å²) in [5, 5.41) is 4.03. The Bertz CT molecular complexity index is 561. The van der Waals surface area contributed by atoms with E-state index in [1.807, 2.05) is 20.8 Å². The molecule has 0 radical (unpaired) electrons. The Morgan fingerprint density at radius 2 is 2.00 bits per heavy atom. The third kappa shape index (κ3) is 2.98. The summed E-state index contributed by atoms with van der Waals surface area (Å²) in [5.41, 5.74) is 1.40. The quantitative estimate of drug-likeness (QED) is 0.786. The van der Waals surface area contributed by atoms with Crippen LogP contribution in [-0.4, -0.2) is 22.0 Å². The minimum atomic E-state index is -0.0262. The zero-order chi connectivity index (χ0) is 13.8. The first-order chi connectivity index (χ1) is 9.13. The largest absolute Gasteiger partial charge is 0.494 e. The van der Waals surface area contributed by atoms with Gasteiger partial charge in [0.2, 0.25) is 5.78 Å². The van der Waals surface area contributed by atoms with Gasteiger partial charge in [-0.25, -0.2) is 0 Å². The van der Waals surface area contributed by atoms with Crippen LogP contribution in [0.5, 0.6) is 5.75 Å². The molecule has 2 aromatic rings. The van der Waals surface area contributed by atoms with Crippen LogP contribution in [-0.2, 0) is 0 Å². The van der Waals surface area contributed by atoms with Crippen molar-refractivity contribution in [2.24, 2.45) is 0 Å². The number of nitrogens with zero attached hydrogens (tertiary/aromatic N) is 2. The number of carbonyl (C=O) groups is 1. The first-order valence-corrected chi connectivity index (χ1v) is 7.00. The highest BCUT2D eigenvalue weighted by Gasteiger charge is 2.19. The Labute approximate surface area is 116 Å². The average molecular weight is 276 g/mol. The van der Waals surface area contributed by atoms with E-state index in [-0.39, 0.29) is 11.7 Å². The minimum absolute atomic E-state index is 0.0262. The molecule has 5 heteroatoms. The van der Waals surface area contributed by atoms with Gasteiger partial charge in [0.15, 0.2) is 0 Å². The van der Waals surface area contributed by atoms with E-state index >= 15 is 0 Å². The second-order valence-electron chi connectivity index (χ2n) is 4.43. The number of carbonyl (C=O) groups excluding carboxylic acids is 1. The molecule has 2 rings (SSSR count). The standard InChI is InChI=1S/C14H16N2O2S/c1-4-18-11-7-5-10(6-8-11)13(17)14-12(9(2)3)15-16-19-14/h5-9H,4H2,1-3H3. The van der Waals surface area contributed by atoms with Crippen LogP contribution in [0.15, 0.2) is 24.3 Å². The van der Waals surface area contributed by atoms with Crippen LogP contribution in [0.4, 0.5) is 0 Å². The topological polar surface area (TPSA) is 52.1 Å². The van der Waals surface area contributed by atoms with Gasteiger partial charge in [-0.15, -0.1) is 5.10 Å². The predicted molar refractivity (Wildman–Crippen MR) is 75.0 cm³/mol. The van der Waals surface area contributed by atoms with Crippen LogP contribution in [0.25, 0.3) is 0 Å². The van der Waals surface area contributed by atoms with E-state index in [4.69, 9.17) is 4.74 Å². The van der Waals surface area contributed by atoms with E-state index in [2.05, 4.69) is 9.59 Å². The molecule has 19 heavy (non-hydrogen) atoms. The van der Waals surface area contributed by atoms with Crippen LogP contribution in [0.1, 0.15) is 47.6 Å².